The van der Waals surface area contributed by atoms with Gasteiger partial charge in [-0.05, 0) is 59.0 Å². The second-order valence-electron chi connectivity index (χ2n) is 6.82. The molecule has 1 saturated heterocycles. The number of benzene rings is 1. The third-order valence-electron chi connectivity index (χ3n) is 4.59. The largest absolute Gasteiger partial charge is 0.453 e. The van der Waals surface area contributed by atoms with Gasteiger partial charge < -0.3 is 15.0 Å². The van der Waals surface area contributed by atoms with Crippen molar-refractivity contribution in [1.82, 2.24) is 10.2 Å². The number of amides is 2. The number of nitrogens with one attached hydrogen (secondary N) is 1. The van der Waals surface area contributed by atoms with E-state index in [0.29, 0.717) is 19.4 Å². The predicted molar refractivity (Wildman–Crippen MR) is 107 cm³/mol. The van der Waals surface area contributed by atoms with E-state index in [1.165, 1.54) is 7.11 Å². The maximum Gasteiger partial charge on any atom is 0.407 e. The number of nitrogens with zero attached hydrogens (tertiary/aromatic N) is 1. The molecule has 1 heterocycles. The van der Waals surface area contributed by atoms with E-state index in [0.717, 1.165) is 15.6 Å². The molecule has 0 spiro atoms. The summed E-state index contributed by atoms with van der Waals surface area (Å²) in [5.74, 6) is -0.282. The molecule has 1 aliphatic heterocycles. The predicted octanol–water partition coefficient (Wildman–Crippen LogP) is 2.77. The molecular formula is C19H25IN2O4. The van der Waals surface area contributed by atoms with Gasteiger partial charge in [0.15, 0.2) is 5.78 Å². The minimum Gasteiger partial charge on any atom is -0.453 e. The van der Waals surface area contributed by atoms with E-state index in [1.54, 1.807) is 4.90 Å². The first-order chi connectivity index (χ1) is 12.3. The number of Topliss-reactive ketones (excluding diaryl/α,β-unsaturated/α-hetero) is 1. The zero-order valence-corrected chi connectivity index (χ0v) is 17.5. The number of likely N-dealkylation sites (tertiary alicyclic amines) is 1. The van der Waals surface area contributed by atoms with Crippen LogP contribution in [0.1, 0.15) is 32.3 Å². The van der Waals surface area contributed by atoms with E-state index >= 15 is 0 Å². The van der Waals surface area contributed by atoms with Crippen LogP contribution in [0.25, 0.3) is 0 Å². The smallest absolute Gasteiger partial charge is 0.407 e. The third-order valence-corrected chi connectivity index (χ3v) is 5.31. The first kappa shape index (κ1) is 20.7. The average molecular weight is 472 g/mol. The molecule has 2 rings (SSSR count). The molecule has 2 amide bonds. The van der Waals surface area contributed by atoms with Crippen LogP contribution in [0.4, 0.5) is 4.79 Å². The van der Waals surface area contributed by atoms with Crippen molar-refractivity contribution in [1.29, 1.82) is 0 Å². The summed E-state index contributed by atoms with van der Waals surface area (Å²) >= 11 is 2.22. The molecule has 0 radical (unpaired) electrons. The number of ether oxygens (including phenoxy) is 1. The van der Waals surface area contributed by atoms with Crippen molar-refractivity contribution in [3.8, 4) is 0 Å². The minimum absolute atomic E-state index is 0.0395. The fraction of sp³-hybridized carbons (Fsp3) is 0.526. The molecule has 0 saturated carbocycles. The summed E-state index contributed by atoms with van der Waals surface area (Å²) in [5.41, 5.74) is 0.947. The summed E-state index contributed by atoms with van der Waals surface area (Å²) in [7, 11) is 1.26. The summed E-state index contributed by atoms with van der Waals surface area (Å²) in [6, 6.07) is 6.69. The fourth-order valence-electron chi connectivity index (χ4n) is 3.16. The van der Waals surface area contributed by atoms with Crippen molar-refractivity contribution < 1.29 is 19.1 Å². The van der Waals surface area contributed by atoms with Gasteiger partial charge in [0.25, 0.3) is 0 Å². The van der Waals surface area contributed by atoms with Crippen LogP contribution in [0, 0.1) is 9.49 Å². The van der Waals surface area contributed by atoms with Crippen LogP contribution in [0.2, 0.25) is 0 Å². The van der Waals surface area contributed by atoms with Crippen molar-refractivity contribution in [3.63, 3.8) is 0 Å². The van der Waals surface area contributed by atoms with Crippen LogP contribution in [0.5, 0.6) is 0 Å². The Morgan fingerprint density at radius 2 is 1.92 bits per heavy atom. The molecule has 2 atom stereocenters. The number of rotatable bonds is 6. The topological polar surface area (TPSA) is 75.7 Å². The highest BCUT2D eigenvalue weighted by Crippen LogP contribution is 2.22. The summed E-state index contributed by atoms with van der Waals surface area (Å²) in [6.07, 6.45) is 1.12. The van der Waals surface area contributed by atoms with Crippen molar-refractivity contribution in [2.75, 3.05) is 13.7 Å². The number of hydrogen-bond donors (Lipinski definition) is 1. The highest BCUT2D eigenvalue weighted by molar-refractivity contribution is 14.1. The molecule has 7 heteroatoms. The second-order valence-corrected chi connectivity index (χ2v) is 8.06. The average Bonchev–Trinajstić information content (AvgIpc) is 3.10. The molecule has 0 aliphatic carbocycles. The van der Waals surface area contributed by atoms with Gasteiger partial charge in [0, 0.05) is 16.5 Å². The molecule has 26 heavy (non-hydrogen) atoms. The number of halogens is 1. The molecule has 1 N–H and O–H groups in total. The molecule has 0 unspecified atom stereocenters. The Bertz CT molecular complexity index is 660. The van der Waals surface area contributed by atoms with Gasteiger partial charge >= 0.3 is 6.09 Å². The van der Waals surface area contributed by atoms with E-state index in [4.69, 9.17) is 0 Å². The van der Waals surface area contributed by atoms with Crippen LogP contribution < -0.4 is 5.32 Å². The van der Waals surface area contributed by atoms with E-state index in [2.05, 4.69) is 32.6 Å². The van der Waals surface area contributed by atoms with E-state index in [1.807, 2.05) is 38.1 Å². The van der Waals surface area contributed by atoms with Crippen molar-refractivity contribution in [3.05, 3.63) is 33.4 Å². The summed E-state index contributed by atoms with van der Waals surface area (Å²) in [5, 5.41) is 2.59. The lowest BCUT2D eigenvalue weighted by molar-refractivity contribution is -0.139. The Labute approximate surface area is 167 Å². The van der Waals surface area contributed by atoms with Crippen molar-refractivity contribution >= 4 is 40.4 Å². The van der Waals surface area contributed by atoms with Crippen LogP contribution >= 0.6 is 22.6 Å². The quantitative estimate of drug-likeness (QED) is 0.647. The highest BCUT2D eigenvalue weighted by Gasteiger charge is 2.38. The Morgan fingerprint density at radius 1 is 1.27 bits per heavy atom. The zero-order valence-electron chi connectivity index (χ0n) is 15.3. The molecule has 6 nitrogen and oxygen atoms in total. The summed E-state index contributed by atoms with van der Waals surface area (Å²) in [6.45, 7) is 4.25. The molecular weight excluding hydrogens is 447 g/mol. The minimum atomic E-state index is -0.700. The number of alkyl carbamates (subject to hydrolysis) is 1. The maximum atomic E-state index is 13.0. The van der Waals surface area contributed by atoms with Crippen LogP contribution in [-0.4, -0.2) is 48.4 Å². The zero-order chi connectivity index (χ0) is 19.3. The lowest BCUT2D eigenvalue weighted by Gasteiger charge is -2.30. The molecule has 1 aliphatic rings. The van der Waals surface area contributed by atoms with Crippen molar-refractivity contribution in [2.45, 2.75) is 45.2 Å². The van der Waals surface area contributed by atoms with Gasteiger partial charge in [0.1, 0.15) is 6.04 Å². The Kier molecular flexibility index (Phi) is 7.43. The molecule has 0 bridgehead atoms. The maximum absolute atomic E-state index is 13.0. The van der Waals surface area contributed by atoms with E-state index in [9.17, 15) is 14.4 Å². The number of ketones is 1. The first-order valence-corrected chi connectivity index (χ1v) is 9.83. The monoisotopic (exact) mass is 472 g/mol. The fourth-order valence-corrected chi connectivity index (χ4v) is 3.52. The Hall–Kier alpha value is -1.64. The van der Waals surface area contributed by atoms with Crippen LogP contribution in [0.15, 0.2) is 24.3 Å². The van der Waals surface area contributed by atoms with Gasteiger partial charge in [-0.2, -0.15) is 0 Å². The number of carbonyl (C=O) groups is 3. The van der Waals surface area contributed by atoms with E-state index in [-0.39, 0.29) is 17.6 Å². The summed E-state index contributed by atoms with van der Waals surface area (Å²) in [4.78, 5) is 38.9. The van der Waals surface area contributed by atoms with Crippen LogP contribution in [0.3, 0.4) is 0 Å². The van der Waals surface area contributed by atoms with Crippen molar-refractivity contribution in [2.24, 2.45) is 5.92 Å². The van der Waals surface area contributed by atoms with Gasteiger partial charge in [-0.1, -0.05) is 26.0 Å². The molecule has 0 aromatic heterocycles. The molecule has 1 aromatic carbocycles. The van der Waals surface area contributed by atoms with E-state index < -0.39 is 18.2 Å². The van der Waals surface area contributed by atoms with Crippen LogP contribution in [-0.2, 0) is 20.7 Å². The van der Waals surface area contributed by atoms with Gasteiger partial charge in [0.05, 0.1) is 13.2 Å². The molecule has 1 aromatic rings. The van der Waals surface area contributed by atoms with Gasteiger partial charge in [-0.3, -0.25) is 9.59 Å². The highest BCUT2D eigenvalue weighted by atomic mass is 127. The standard InChI is InChI=1S/C19H25IN2O4/c1-12(2)17(21-19(25)26-3)18(24)22-10-4-5-15(22)16(23)11-13-6-8-14(20)9-7-13/h6-9,12,15,17H,4-5,10-11H2,1-3H3,(H,21,25)/t15-,17-/m0/s1. The van der Waals surface area contributed by atoms with Gasteiger partial charge in [0.2, 0.25) is 5.91 Å². The third kappa shape index (κ3) is 5.18. The molecule has 1 fully saturated rings. The lowest BCUT2D eigenvalue weighted by Crippen LogP contribution is -2.53. The SMILES string of the molecule is COC(=O)N[C@H](C(=O)N1CCC[C@H]1C(=O)Cc1ccc(I)cc1)C(C)C. The molecule has 142 valence electrons. The second kappa shape index (κ2) is 9.34. The van der Waals surface area contributed by atoms with Gasteiger partial charge in [-0.25, -0.2) is 4.79 Å². The lowest BCUT2D eigenvalue weighted by atomic mass is 9.99. The first-order valence-electron chi connectivity index (χ1n) is 8.75. The normalized spacial score (nSPS) is 17.9. The Morgan fingerprint density at radius 3 is 2.50 bits per heavy atom. The Balaban J connectivity index is 2.09. The number of carbonyl (C=O) groups excluding carboxylic acids is 3. The number of hydrogen-bond acceptors (Lipinski definition) is 4. The number of methoxy groups -OCH3 is 1. The summed E-state index contributed by atoms with van der Waals surface area (Å²) < 4.78 is 5.73. The van der Waals surface area contributed by atoms with Gasteiger partial charge in [-0.15, -0.1) is 0 Å².